The van der Waals surface area contributed by atoms with Crippen molar-refractivity contribution in [2.24, 2.45) is 0 Å². The standard InChI is InChI=1S/C16H13F2N3O2S/c17-14(18)23-12-7-3-1-5-10(12)9-19-15(22)21-16-20-11-6-2-4-8-13(11)24-16/h1-8,14H,9H2,(H2,19,20,21,22). The van der Waals surface area contributed by atoms with E-state index in [9.17, 15) is 13.6 Å². The van der Waals surface area contributed by atoms with Gasteiger partial charge in [0, 0.05) is 12.1 Å². The molecule has 0 saturated heterocycles. The maximum atomic E-state index is 12.4. The Balaban J connectivity index is 1.61. The molecule has 3 aromatic rings. The lowest BCUT2D eigenvalue weighted by atomic mass is 10.2. The van der Waals surface area contributed by atoms with Gasteiger partial charge in [0.05, 0.1) is 10.2 Å². The van der Waals surface area contributed by atoms with Crippen LogP contribution in [0.3, 0.4) is 0 Å². The normalized spacial score (nSPS) is 10.8. The number of hydrogen-bond donors (Lipinski definition) is 2. The molecule has 0 aliphatic rings. The van der Waals surface area contributed by atoms with Gasteiger partial charge in [0.2, 0.25) is 0 Å². The first-order chi connectivity index (χ1) is 11.6. The third-order valence-corrected chi connectivity index (χ3v) is 4.09. The van der Waals surface area contributed by atoms with Crippen LogP contribution < -0.4 is 15.4 Å². The summed E-state index contributed by atoms with van der Waals surface area (Å²) in [6.45, 7) is -2.86. The summed E-state index contributed by atoms with van der Waals surface area (Å²) in [4.78, 5) is 16.2. The number of carbonyl (C=O) groups excluding carboxylic acids is 1. The lowest BCUT2D eigenvalue weighted by Crippen LogP contribution is -2.28. The monoisotopic (exact) mass is 349 g/mol. The third kappa shape index (κ3) is 3.96. The first kappa shape index (κ1) is 16.1. The number of thiazole rings is 1. The fourth-order valence-electron chi connectivity index (χ4n) is 2.10. The van der Waals surface area contributed by atoms with Crippen LogP contribution in [-0.4, -0.2) is 17.6 Å². The fraction of sp³-hybridized carbons (Fsp3) is 0.125. The van der Waals surface area contributed by atoms with Gasteiger partial charge >= 0.3 is 12.6 Å². The van der Waals surface area contributed by atoms with E-state index in [0.29, 0.717) is 10.7 Å². The van der Waals surface area contributed by atoms with Crippen LogP contribution in [0.2, 0.25) is 0 Å². The number of fused-ring (bicyclic) bond motifs is 1. The Morgan fingerprint density at radius 1 is 1.17 bits per heavy atom. The highest BCUT2D eigenvalue weighted by molar-refractivity contribution is 7.22. The minimum absolute atomic E-state index is 0.0350. The van der Waals surface area contributed by atoms with Crippen molar-refractivity contribution in [2.75, 3.05) is 5.32 Å². The Hall–Kier alpha value is -2.74. The second kappa shape index (κ2) is 7.22. The molecule has 1 aromatic heterocycles. The molecule has 24 heavy (non-hydrogen) atoms. The van der Waals surface area contributed by atoms with E-state index in [1.54, 1.807) is 18.2 Å². The van der Waals surface area contributed by atoms with E-state index in [2.05, 4.69) is 20.4 Å². The van der Waals surface area contributed by atoms with Gasteiger partial charge in [-0.25, -0.2) is 9.78 Å². The quantitative estimate of drug-likeness (QED) is 0.725. The molecule has 0 aliphatic heterocycles. The van der Waals surface area contributed by atoms with Gasteiger partial charge < -0.3 is 10.1 Å². The molecule has 8 heteroatoms. The Kier molecular flexibility index (Phi) is 4.85. The molecule has 0 unspecified atom stereocenters. The molecular weight excluding hydrogens is 336 g/mol. The van der Waals surface area contributed by atoms with E-state index in [-0.39, 0.29) is 12.3 Å². The smallest absolute Gasteiger partial charge is 0.387 e. The minimum Gasteiger partial charge on any atom is -0.434 e. The molecule has 0 atom stereocenters. The molecule has 2 N–H and O–H groups in total. The molecule has 0 fully saturated rings. The second-order valence-electron chi connectivity index (χ2n) is 4.78. The molecule has 2 aromatic carbocycles. The second-order valence-corrected chi connectivity index (χ2v) is 5.81. The van der Waals surface area contributed by atoms with Gasteiger partial charge in [-0.15, -0.1) is 0 Å². The van der Waals surface area contributed by atoms with Crippen molar-refractivity contribution < 1.29 is 18.3 Å². The summed E-state index contributed by atoms with van der Waals surface area (Å²) in [6.07, 6.45) is 0. The lowest BCUT2D eigenvalue weighted by molar-refractivity contribution is -0.0504. The first-order valence-corrected chi connectivity index (χ1v) is 7.86. The van der Waals surface area contributed by atoms with Crippen molar-refractivity contribution in [1.29, 1.82) is 0 Å². The van der Waals surface area contributed by atoms with Crippen molar-refractivity contribution in [3.63, 3.8) is 0 Å². The summed E-state index contributed by atoms with van der Waals surface area (Å²) < 4.78 is 30.1. The predicted molar refractivity (Wildman–Crippen MR) is 88.6 cm³/mol. The molecule has 2 amide bonds. The van der Waals surface area contributed by atoms with Crippen molar-refractivity contribution in [3.8, 4) is 5.75 Å². The maximum Gasteiger partial charge on any atom is 0.387 e. The fourth-order valence-corrected chi connectivity index (χ4v) is 2.96. The number of aromatic nitrogens is 1. The molecule has 0 saturated carbocycles. The van der Waals surface area contributed by atoms with Crippen molar-refractivity contribution in [1.82, 2.24) is 10.3 Å². The van der Waals surface area contributed by atoms with Crippen LogP contribution >= 0.6 is 11.3 Å². The topological polar surface area (TPSA) is 63.2 Å². The largest absolute Gasteiger partial charge is 0.434 e. The molecule has 0 radical (unpaired) electrons. The zero-order valence-electron chi connectivity index (χ0n) is 12.3. The number of carbonyl (C=O) groups is 1. The van der Waals surface area contributed by atoms with Gasteiger partial charge in [0.1, 0.15) is 5.75 Å². The number of urea groups is 1. The minimum atomic E-state index is -2.91. The highest BCUT2D eigenvalue weighted by Gasteiger charge is 2.11. The molecule has 124 valence electrons. The number of rotatable bonds is 5. The Morgan fingerprint density at radius 2 is 1.92 bits per heavy atom. The van der Waals surface area contributed by atoms with Gasteiger partial charge in [0.15, 0.2) is 5.13 Å². The summed E-state index contributed by atoms with van der Waals surface area (Å²) in [5.41, 5.74) is 1.26. The van der Waals surface area contributed by atoms with Crippen LogP contribution in [0.4, 0.5) is 18.7 Å². The van der Waals surface area contributed by atoms with Gasteiger partial charge in [-0.05, 0) is 18.2 Å². The molecular formula is C16H13F2N3O2S. The van der Waals surface area contributed by atoms with Crippen LogP contribution in [0.15, 0.2) is 48.5 Å². The van der Waals surface area contributed by atoms with Gasteiger partial charge in [0.25, 0.3) is 0 Å². The first-order valence-electron chi connectivity index (χ1n) is 7.05. The highest BCUT2D eigenvalue weighted by atomic mass is 32.1. The molecule has 1 heterocycles. The zero-order chi connectivity index (χ0) is 16.9. The van der Waals surface area contributed by atoms with Crippen molar-refractivity contribution >= 4 is 32.7 Å². The molecule has 3 rings (SSSR count). The van der Waals surface area contributed by atoms with Crippen molar-refractivity contribution in [2.45, 2.75) is 13.2 Å². The van der Waals surface area contributed by atoms with E-state index < -0.39 is 12.6 Å². The SMILES string of the molecule is O=C(NCc1ccccc1OC(F)F)Nc1nc2ccccc2s1. The number of para-hydroxylation sites is 2. The number of nitrogens with zero attached hydrogens (tertiary/aromatic N) is 1. The molecule has 0 bridgehead atoms. The average molecular weight is 349 g/mol. The lowest BCUT2D eigenvalue weighted by Gasteiger charge is -2.11. The van der Waals surface area contributed by atoms with Crippen LogP contribution in [-0.2, 0) is 6.54 Å². The molecule has 0 spiro atoms. The summed E-state index contributed by atoms with van der Waals surface area (Å²) in [5, 5.41) is 5.69. The average Bonchev–Trinajstić information content (AvgIpc) is 2.95. The summed E-state index contributed by atoms with van der Waals surface area (Å²) in [7, 11) is 0. The van der Waals surface area contributed by atoms with E-state index in [1.165, 1.54) is 17.4 Å². The van der Waals surface area contributed by atoms with E-state index in [0.717, 1.165) is 10.2 Å². The number of ether oxygens (including phenoxy) is 1. The van der Waals surface area contributed by atoms with Gasteiger partial charge in [-0.3, -0.25) is 5.32 Å². The zero-order valence-corrected chi connectivity index (χ0v) is 13.1. The van der Waals surface area contributed by atoms with E-state index >= 15 is 0 Å². The highest BCUT2D eigenvalue weighted by Crippen LogP contribution is 2.25. The van der Waals surface area contributed by atoms with Crippen LogP contribution in [0.5, 0.6) is 5.75 Å². The Labute approximate surface area is 140 Å². The summed E-state index contributed by atoms with van der Waals surface area (Å²) in [6, 6.07) is 13.4. The maximum absolute atomic E-state index is 12.4. The number of nitrogens with one attached hydrogen (secondary N) is 2. The van der Waals surface area contributed by atoms with E-state index in [1.807, 2.05) is 24.3 Å². The van der Waals surface area contributed by atoms with Crippen LogP contribution in [0.1, 0.15) is 5.56 Å². The van der Waals surface area contributed by atoms with Gasteiger partial charge in [-0.2, -0.15) is 8.78 Å². The molecule has 5 nitrogen and oxygen atoms in total. The van der Waals surface area contributed by atoms with Gasteiger partial charge in [-0.1, -0.05) is 41.7 Å². The van der Waals surface area contributed by atoms with E-state index in [4.69, 9.17) is 0 Å². The number of amides is 2. The number of anilines is 1. The van der Waals surface area contributed by atoms with Crippen LogP contribution in [0, 0.1) is 0 Å². The summed E-state index contributed by atoms with van der Waals surface area (Å²) in [5.74, 6) is 0.0350. The Bertz CT molecular complexity index is 821. The third-order valence-electron chi connectivity index (χ3n) is 3.14. The Morgan fingerprint density at radius 3 is 2.71 bits per heavy atom. The van der Waals surface area contributed by atoms with Crippen LogP contribution in [0.25, 0.3) is 10.2 Å². The number of halogens is 2. The summed E-state index contributed by atoms with van der Waals surface area (Å²) >= 11 is 1.35. The molecule has 0 aliphatic carbocycles. The van der Waals surface area contributed by atoms with Crippen molar-refractivity contribution in [3.05, 3.63) is 54.1 Å². The number of benzene rings is 2. The number of alkyl halides is 2. The predicted octanol–water partition coefficient (Wildman–Crippen LogP) is 4.22. The number of hydrogen-bond acceptors (Lipinski definition) is 4.